The Morgan fingerprint density at radius 2 is 1.39 bits per heavy atom. The van der Waals surface area contributed by atoms with Crippen LogP contribution in [-0.4, -0.2) is 4.40 Å². The molecule has 28 heavy (non-hydrogen) atoms. The van der Waals surface area contributed by atoms with Crippen molar-refractivity contribution in [1.29, 1.82) is 0 Å². The highest BCUT2D eigenvalue weighted by molar-refractivity contribution is 6.21. The first kappa shape index (κ1) is 15.2. The molecule has 6 rings (SSSR count). The fourth-order valence-corrected chi connectivity index (χ4v) is 4.27. The summed E-state index contributed by atoms with van der Waals surface area (Å²) in [7, 11) is 0. The van der Waals surface area contributed by atoms with E-state index in [0.717, 1.165) is 38.2 Å². The van der Waals surface area contributed by atoms with Gasteiger partial charge >= 0.3 is 5.63 Å². The van der Waals surface area contributed by atoms with Crippen molar-refractivity contribution in [3.05, 3.63) is 102 Å². The van der Waals surface area contributed by atoms with Crippen molar-refractivity contribution in [1.82, 2.24) is 4.40 Å². The molecule has 0 spiro atoms. The van der Waals surface area contributed by atoms with E-state index >= 15 is 0 Å². The fourth-order valence-electron chi connectivity index (χ4n) is 4.27. The maximum Gasteiger partial charge on any atom is 0.361 e. The van der Waals surface area contributed by atoms with Crippen LogP contribution in [-0.2, 0) is 0 Å². The van der Waals surface area contributed by atoms with Gasteiger partial charge in [0.2, 0.25) is 0 Å². The first-order chi connectivity index (χ1) is 13.8. The number of fused-ring (bicyclic) bond motifs is 7. The van der Waals surface area contributed by atoms with Crippen LogP contribution < -0.4 is 5.63 Å². The van der Waals surface area contributed by atoms with E-state index in [1.54, 1.807) is 0 Å². The Bertz CT molecular complexity index is 1570. The van der Waals surface area contributed by atoms with Crippen LogP contribution in [0.25, 0.3) is 49.3 Å². The summed E-state index contributed by atoms with van der Waals surface area (Å²) in [4.78, 5) is 13.0. The molecule has 3 heterocycles. The third-order valence-electron chi connectivity index (χ3n) is 5.44. The number of para-hydroxylation sites is 1. The van der Waals surface area contributed by atoms with Gasteiger partial charge in [0.1, 0.15) is 11.1 Å². The Morgan fingerprint density at radius 3 is 2.25 bits per heavy atom. The number of benzene rings is 3. The van der Waals surface area contributed by atoms with Gasteiger partial charge in [-0.1, -0.05) is 72.8 Å². The summed E-state index contributed by atoms with van der Waals surface area (Å²) in [6, 6.07) is 28.3. The number of pyridine rings is 1. The van der Waals surface area contributed by atoms with E-state index in [9.17, 15) is 4.79 Å². The molecule has 3 heteroatoms. The molecule has 3 aromatic heterocycles. The average molecular weight is 361 g/mol. The van der Waals surface area contributed by atoms with Crippen LogP contribution in [0.5, 0.6) is 0 Å². The molecule has 0 saturated carbocycles. The Labute approximate surface area is 160 Å². The lowest BCUT2D eigenvalue weighted by molar-refractivity contribution is 0.567. The first-order valence-electron chi connectivity index (χ1n) is 9.26. The summed E-state index contributed by atoms with van der Waals surface area (Å²) in [5.74, 6) is 0. The maximum absolute atomic E-state index is 13.0. The highest BCUT2D eigenvalue weighted by Gasteiger charge is 2.21. The minimum absolute atomic E-state index is 0.318. The zero-order valence-corrected chi connectivity index (χ0v) is 14.9. The van der Waals surface area contributed by atoms with E-state index in [0.29, 0.717) is 11.1 Å². The van der Waals surface area contributed by atoms with Crippen LogP contribution >= 0.6 is 0 Å². The van der Waals surface area contributed by atoms with Gasteiger partial charge < -0.3 is 8.82 Å². The number of rotatable bonds is 1. The SMILES string of the molecule is O=c1oc2ccccc2c2c(-c3ccccc3)c3c4ccccc4ccn3c12. The van der Waals surface area contributed by atoms with Gasteiger partial charge in [-0.3, -0.25) is 0 Å². The van der Waals surface area contributed by atoms with Gasteiger partial charge in [0.05, 0.1) is 5.52 Å². The zero-order chi connectivity index (χ0) is 18.7. The lowest BCUT2D eigenvalue weighted by Gasteiger charge is -2.06. The minimum atomic E-state index is -0.318. The lowest BCUT2D eigenvalue weighted by atomic mass is 9.99. The Kier molecular flexibility index (Phi) is 3.03. The minimum Gasteiger partial charge on any atom is -0.421 e. The molecule has 0 bridgehead atoms. The third kappa shape index (κ3) is 1.96. The van der Waals surface area contributed by atoms with E-state index < -0.39 is 0 Å². The smallest absolute Gasteiger partial charge is 0.361 e. The summed E-state index contributed by atoms with van der Waals surface area (Å²) in [6.07, 6.45) is 1.97. The maximum atomic E-state index is 13.0. The quantitative estimate of drug-likeness (QED) is 0.336. The monoisotopic (exact) mass is 361 g/mol. The number of hydrogen-bond acceptors (Lipinski definition) is 2. The molecular formula is C25H15NO2. The molecule has 0 radical (unpaired) electrons. The standard InChI is InChI=1S/C25H15NO2/c27-25-24-22(19-12-6-7-13-20(19)28-25)21(17-9-2-1-3-10-17)23-18-11-5-4-8-16(18)14-15-26(23)24/h1-15H. The summed E-state index contributed by atoms with van der Waals surface area (Å²) < 4.78 is 7.65. The first-order valence-corrected chi connectivity index (χ1v) is 9.26. The van der Waals surface area contributed by atoms with Crippen LogP contribution in [0.4, 0.5) is 0 Å². The van der Waals surface area contributed by atoms with Gasteiger partial charge in [-0.25, -0.2) is 4.79 Å². The van der Waals surface area contributed by atoms with Gasteiger partial charge in [-0.2, -0.15) is 0 Å². The Hall–Kier alpha value is -3.85. The van der Waals surface area contributed by atoms with E-state index in [1.165, 1.54) is 0 Å². The predicted molar refractivity (Wildman–Crippen MR) is 114 cm³/mol. The summed E-state index contributed by atoms with van der Waals surface area (Å²) in [5.41, 5.74) is 4.05. The molecule has 0 aliphatic carbocycles. The molecule has 6 aromatic rings. The second-order valence-corrected chi connectivity index (χ2v) is 6.97. The van der Waals surface area contributed by atoms with E-state index in [4.69, 9.17) is 4.42 Å². The molecule has 0 aliphatic heterocycles. The van der Waals surface area contributed by atoms with Crippen molar-refractivity contribution in [2.24, 2.45) is 0 Å². The van der Waals surface area contributed by atoms with Crippen molar-refractivity contribution in [3.63, 3.8) is 0 Å². The van der Waals surface area contributed by atoms with Crippen molar-refractivity contribution < 1.29 is 4.42 Å². The van der Waals surface area contributed by atoms with Crippen LogP contribution in [0.2, 0.25) is 0 Å². The molecule has 3 nitrogen and oxygen atoms in total. The van der Waals surface area contributed by atoms with Crippen LogP contribution in [0, 0.1) is 0 Å². The Morgan fingerprint density at radius 1 is 0.679 bits per heavy atom. The van der Waals surface area contributed by atoms with E-state index in [2.05, 4.69) is 24.3 Å². The zero-order valence-electron chi connectivity index (χ0n) is 14.9. The molecule has 0 amide bonds. The molecule has 132 valence electrons. The molecule has 0 saturated heterocycles. The Balaban J connectivity index is 2.02. The average Bonchev–Trinajstić information content (AvgIpc) is 3.11. The van der Waals surface area contributed by atoms with E-state index in [-0.39, 0.29) is 5.63 Å². The van der Waals surface area contributed by atoms with Gasteiger partial charge in [0.15, 0.2) is 0 Å². The number of hydrogen-bond donors (Lipinski definition) is 0. The number of aromatic nitrogens is 1. The molecule has 0 atom stereocenters. The van der Waals surface area contributed by atoms with Crippen LogP contribution in [0.1, 0.15) is 0 Å². The van der Waals surface area contributed by atoms with Crippen LogP contribution in [0.3, 0.4) is 0 Å². The van der Waals surface area contributed by atoms with Crippen molar-refractivity contribution in [2.75, 3.05) is 0 Å². The second-order valence-electron chi connectivity index (χ2n) is 6.97. The highest BCUT2D eigenvalue weighted by Crippen LogP contribution is 2.40. The van der Waals surface area contributed by atoms with Crippen molar-refractivity contribution in [3.8, 4) is 11.1 Å². The summed E-state index contributed by atoms with van der Waals surface area (Å²) in [5, 5.41) is 4.14. The summed E-state index contributed by atoms with van der Waals surface area (Å²) >= 11 is 0. The number of nitrogens with zero attached hydrogens (tertiary/aromatic N) is 1. The predicted octanol–water partition coefficient (Wildman–Crippen LogP) is 6.02. The van der Waals surface area contributed by atoms with Crippen molar-refractivity contribution >= 4 is 38.2 Å². The molecule has 0 unspecified atom stereocenters. The molecular weight excluding hydrogens is 346 g/mol. The van der Waals surface area contributed by atoms with Gasteiger partial charge in [-0.15, -0.1) is 0 Å². The molecule has 0 N–H and O–H groups in total. The van der Waals surface area contributed by atoms with Crippen molar-refractivity contribution in [2.45, 2.75) is 0 Å². The summed E-state index contributed by atoms with van der Waals surface area (Å²) in [6.45, 7) is 0. The van der Waals surface area contributed by atoms with Gasteiger partial charge in [0, 0.05) is 27.9 Å². The lowest BCUT2D eigenvalue weighted by Crippen LogP contribution is -2.02. The third-order valence-corrected chi connectivity index (χ3v) is 5.44. The van der Waals surface area contributed by atoms with E-state index in [1.807, 2.05) is 71.3 Å². The second kappa shape index (κ2) is 5.57. The highest BCUT2D eigenvalue weighted by atomic mass is 16.4. The van der Waals surface area contributed by atoms with Gasteiger partial charge in [-0.05, 0) is 23.1 Å². The topological polar surface area (TPSA) is 34.6 Å². The fraction of sp³-hybridized carbons (Fsp3) is 0. The van der Waals surface area contributed by atoms with Crippen LogP contribution in [0.15, 0.2) is 100 Å². The molecule has 0 aliphatic rings. The normalized spacial score (nSPS) is 11.7. The molecule has 0 fully saturated rings. The largest absolute Gasteiger partial charge is 0.421 e. The van der Waals surface area contributed by atoms with Gasteiger partial charge in [0.25, 0.3) is 0 Å². The molecule has 3 aromatic carbocycles.